The number of benzene rings is 1. The first-order valence-electron chi connectivity index (χ1n) is 6.28. The Morgan fingerprint density at radius 3 is 2.70 bits per heavy atom. The molecule has 1 aliphatic rings. The summed E-state index contributed by atoms with van der Waals surface area (Å²) in [5.74, 6) is -0.170. The smallest absolute Gasteiger partial charge is 0.255 e. The van der Waals surface area contributed by atoms with Gasteiger partial charge in [-0.1, -0.05) is 0 Å². The Morgan fingerprint density at radius 1 is 1.45 bits per heavy atom. The highest BCUT2D eigenvalue weighted by atomic mass is 79.9. The van der Waals surface area contributed by atoms with Crippen LogP contribution in [0, 0.1) is 0 Å². The monoisotopic (exact) mass is 360 g/mol. The maximum atomic E-state index is 12.5. The van der Waals surface area contributed by atoms with Crippen LogP contribution < -0.4 is 5.32 Å². The molecule has 1 N–H and O–H groups in total. The van der Waals surface area contributed by atoms with E-state index in [0.29, 0.717) is 10.0 Å². The zero-order chi connectivity index (χ0) is 14.9. The van der Waals surface area contributed by atoms with Gasteiger partial charge in [-0.05, 0) is 47.1 Å². The molecule has 1 amide bonds. The number of nitrogens with one attached hydrogen (secondary N) is 1. The number of hydrogen-bond donors (Lipinski definition) is 1. The van der Waals surface area contributed by atoms with E-state index in [-0.39, 0.29) is 16.8 Å². The highest BCUT2D eigenvalue weighted by Crippen LogP contribution is 2.23. The van der Waals surface area contributed by atoms with Gasteiger partial charge in [0.05, 0.1) is 10.5 Å². The predicted octanol–water partition coefficient (Wildman–Crippen LogP) is 1.29. The molecule has 0 aromatic heterocycles. The number of likely N-dealkylation sites (N-methyl/N-ethyl adjacent to an activating group) is 1. The van der Waals surface area contributed by atoms with Crippen LogP contribution in [0.3, 0.4) is 0 Å². The Labute approximate surface area is 127 Å². The van der Waals surface area contributed by atoms with Crippen molar-refractivity contribution in [3.63, 3.8) is 0 Å². The zero-order valence-electron chi connectivity index (χ0n) is 11.4. The summed E-state index contributed by atoms with van der Waals surface area (Å²) in [6.07, 6.45) is 2.04. The molecular weight excluding hydrogens is 344 g/mol. The lowest BCUT2D eigenvalue weighted by atomic mass is 10.1. The summed E-state index contributed by atoms with van der Waals surface area (Å²) in [5.41, 5.74) is 0.377. The maximum Gasteiger partial charge on any atom is 0.255 e. The van der Waals surface area contributed by atoms with E-state index in [0.717, 1.165) is 25.8 Å². The largest absolute Gasteiger partial charge is 0.337 e. The summed E-state index contributed by atoms with van der Waals surface area (Å²) in [4.78, 5) is 14.3. The van der Waals surface area contributed by atoms with Gasteiger partial charge in [0.25, 0.3) is 5.91 Å². The Hall–Kier alpha value is -0.920. The fourth-order valence-electron chi connectivity index (χ4n) is 2.22. The highest BCUT2D eigenvalue weighted by molar-refractivity contribution is 9.10. The molecule has 1 aromatic carbocycles. The summed E-state index contributed by atoms with van der Waals surface area (Å²) < 4.78 is 23.8. The first-order valence-corrected chi connectivity index (χ1v) is 8.96. The molecule has 2 rings (SSSR count). The third kappa shape index (κ3) is 3.21. The van der Waals surface area contributed by atoms with Crippen LogP contribution in [0.25, 0.3) is 0 Å². The van der Waals surface area contributed by atoms with Crippen molar-refractivity contribution >= 4 is 31.7 Å². The number of carbonyl (C=O) groups is 1. The quantitative estimate of drug-likeness (QED) is 0.881. The fraction of sp³-hybridized carbons (Fsp3) is 0.462. The minimum Gasteiger partial charge on any atom is -0.337 e. The first kappa shape index (κ1) is 15.5. The lowest BCUT2D eigenvalue weighted by molar-refractivity contribution is 0.0742. The number of amides is 1. The number of rotatable bonds is 3. The van der Waals surface area contributed by atoms with E-state index in [4.69, 9.17) is 0 Å². The summed E-state index contributed by atoms with van der Waals surface area (Å²) >= 11 is 3.32. The molecule has 0 spiro atoms. The van der Waals surface area contributed by atoms with Gasteiger partial charge in [-0.15, -0.1) is 0 Å². The van der Waals surface area contributed by atoms with Gasteiger partial charge in [-0.3, -0.25) is 4.79 Å². The number of halogens is 1. The van der Waals surface area contributed by atoms with Crippen LogP contribution in [-0.4, -0.2) is 51.7 Å². The molecule has 20 heavy (non-hydrogen) atoms. The molecule has 0 bridgehead atoms. The topological polar surface area (TPSA) is 66.5 Å². The molecule has 0 aliphatic carbocycles. The van der Waals surface area contributed by atoms with Crippen LogP contribution in [0.4, 0.5) is 0 Å². The van der Waals surface area contributed by atoms with Crippen LogP contribution in [0.1, 0.15) is 16.8 Å². The average Bonchev–Trinajstić information content (AvgIpc) is 2.90. The van der Waals surface area contributed by atoms with E-state index >= 15 is 0 Å². The standard InChI is InChI=1S/C13H17BrN2O3S/c1-16(9-5-6-15-8-9)13(17)11-7-10(20(2,18)19)3-4-12(11)14/h3-4,7,9,15H,5-6,8H2,1-2H3. The SMILES string of the molecule is CN(C(=O)c1cc(S(C)(=O)=O)ccc1Br)C1CCNC1. The van der Waals surface area contributed by atoms with Crippen LogP contribution in [0.5, 0.6) is 0 Å². The Balaban J connectivity index is 2.33. The molecule has 110 valence electrons. The van der Waals surface area contributed by atoms with E-state index in [1.165, 1.54) is 12.1 Å². The van der Waals surface area contributed by atoms with Crippen LogP contribution in [0.15, 0.2) is 27.6 Å². The minimum absolute atomic E-state index is 0.149. The Bertz CT molecular complexity index is 625. The molecule has 0 saturated carbocycles. The molecular formula is C13H17BrN2O3S. The molecule has 0 radical (unpaired) electrons. The molecule has 1 aliphatic heterocycles. The van der Waals surface area contributed by atoms with Crippen LogP contribution in [0.2, 0.25) is 0 Å². The molecule has 1 aromatic rings. The summed E-state index contributed by atoms with van der Waals surface area (Å²) in [5, 5.41) is 3.21. The lowest BCUT2D eigenvalue weighted by Crippen LogP contribution is -2.38. The Morgan fingerprint density at radius 2 is 2.15 bits per heavy atom. The number of hydrogen-bond acceptors (Lipinski definition) is 4. The third-order valence-electron chi connectivity index (χ3n) is 3.50. The van der Waals surface area contributed by atoms with Crippen molar-refractivity contribution in [2.45, 2.75) is 17.4 Å². The Kier molecular flexibility index (Phi) is 4.51. The van der Waals surface area contributed by atoms with E-state index in [1.807, 2.05) is 0 Å². The van der Waals surface area contributed by atoms with Gasteiger partial charge in [-0.2, -0.15) is 0 Å². The van der Waals surface area contributed by atoms with Crippen molar-refractivity contribution in [1.82, 2.24) is 10.2 Å². The van der Waals surface area contributed by atoms with E-state index in [9.17, 15) is 13.2 Å². The van der Waals surface area contributed by atoms with Crippen LogP contribution in [-0.2, 0) is 9.84 Å². The number of sulfone groups is 1. The van der Waals surface area contributed by atoms with Crippen molar-refractivity contribution < 1.29 is 13.2 Å². The van der Waals surface area contributed by atoms with Gasteiger partial charge in [0, 0.05) is 30.4 Å². The van der Waals surface area contributed by atoms with Gasteiger partial charge >= 0.3 is 0 Å². The second-order valence-electron chi connectivity index (χ2n) is 4.98. The summed E-state index contributed by atoms with van der Waals surface area (Å²) in [7, 11) is -1.57. The van der Waals surface area contributed by atoms with Gasteiger partial charge in [-0.25, -0.2) is 8.42 Å². The minimum atomic E-state index is -3.32. The first-order chi connectivity index (χ1) is 9.30. The van der Waals surface area contributed by atoms with E-state index in [2.05, 4.69) is 21.2 Å². The molecule has 1 fully saturated rings. The second kappa shape index (κ2) is 5.83. The molecule has 1 saturated heterocycles. The third-order valence-corrected chi connectivity index (χ3v) is 5.30. The van der Waals surface area contributed by atoms with Crippen molar-refractivity contribution in [1.29, 1.82) is 0 Å². The molecule has 1 unspecified atom stereocenters. The normalized spacial score (nSPS) is 19.1. The molecule has 1 heterocycles. The van der Waals surface area contributed by atoms with Crippen molar-refractivity contribution in [3.8, 4) is 0 Å². The van der Waals surface area contributed by atoms with E-state index in [1.54, 1.807) is 18.0 Å². The van der Waals surface area contributed by atoms with Gasteiger partial charge in [0.15, 0.2) is 9.84 Å². The average molecular weight is 361 g/mol. The zero-order valence-corrected chi connectivity index (χ0v) is 13.8. The summed E-state index contributed by atoms with van der Waals surface area (Å²) in [6, 6.07) is 4.68. The van der Waals surface area contributed by atoms with Crippen LogP contribution >= 0.6 is 15.9 Å². The molecule has 1 atom stereocenters. The van der Waals surface area contributed by atoms with Crippen molar-refractivity contribution in [2.24, 2.45) is 0 Å². The second-order valence-corrected chi connectivity index (χ2v) is 7.85. The molecule has 7 heteroatoms. The summed E-state index contributed by atoms with van der Waals surface area (Å²) in [6.45, 7) is 1.67. The van der Waals surface area contributed by atoms with Crippen molar-refractivity contribution in [2.75, 3.05) is 26.4 Å². The van der Waals surface area contributed by atoms with Gasteiger partial charge in [0.1, 0.15) is 0 Å². The highest BCUT2D eigenvalue weighted by Gasteiger charge is 2.26. The van der Waals surface area contributed by atoms with E-state index < -0.39 is 9.84 Å². The fourth-order valence-corrected chi connectivity index (χ4v) is 3.29. The molecule has 5 nitrogen and oxygen atoms in total. The van der Waals surface area contributed by atoms with Gasteiger partial charge < -0.3 is 10.2 Å². The maximum absolute atomic E-state index is 12.5. The number of carbonyl (C=O) groups excluding carboxylic acids is 1. The van der Waals surface area contributed by atoms with Crippen molar-refractivity contribution in [3.05, 3.63) is 28.2 Å². The lowest BCUT2D eigenvalue weighted by Gasteiger charge is -2.24. The van der Waals surface area contributed by atoms with Gasteiger partial charge in [0.2, 0.25) is 0 Å². The predicted molar refractivity (Wildman–Crippen MR) is 80.6 cm³/mol. The number of nitrogens with zero attached hydrogens (tertiary/aromatic N) is 1.